The Hall–Kier alpha value is -3.06. The fraction of sp³-hybridized carbons (Fsp3) is 0.0526. The Balaban J connectivity index is 2.74. The van der Waals surface area contributed by atoms with Gasteiger partial charge in [0.25, 0.3) is 0 Å². The molecule has 0 unspecified atom stereocenters. The maximum Gasteiger partial charge on any atom is 0.0490 e. The quantitative estimate of drug-likeness (QED) is 0.618. The van der Waals surface area contributed by atoms with E-state index in [-0.39, 0.29) is 0 Å². The van der Waals surface area contributed by atoms with E-state index in [4.69, 9.17) is 6.42 Å². The molecule has 0 saturated carbocycles. The molecule has 0 nitrogen and oxygen atoms in total. The van der Waals surface area contributed by atoms with Crippen LogP contribution in [0.4, 0.5) is 0 Å². The topological polar surface area (TPSA) is 0 Å². The molecule has 0 fully saturated rings. The predicted octanol–water partition coefficient (Wildman–Crippen LogP) is 3.20. The van der Waals surface area contributed by atoms with E-state index in [1.807, 2.05) is 36.4 Å². The average Bonchev–Trinajstić information content (AvgIpc) is 2.46. The Morgan fingerprint density at radius 2 is 1.74 bits per heavy atom. The highest BCUT2D eigenvalue weighted by molar-refractivity contribution is 5.90. The summed E-state index contributed by atoms with van der Waals surface area (Å²) in [5, 5.41) is 2.18. The SMILES string of the molecule is C#CC#Cc1c(C#CC#CC)ccc2ccccc12. The number of rotatable bonds is 0. The molecule has 0 aromatic heterocycles. The van der Waals surface area contributed by atoms with Gasteiger partial charge >= 0.3 is 0 Å². The summed E-state index contributed by atoms with van der Waals surface area (Å²) < 4.78 is 0. The van der Waals surface area contributed by atoms with Crippen molar-refractivity contribution >= 4 is 10.8 Å². The first-order valence-electron chi connectivity index (χ1n) is 5.78. The molecule has 0 aliphatic heterocycles. The number of terminal acetylenes is 1. The van der Waals surface area contributed by atoms with Crippen molar-refractivity contribution in [1.82, 2.24) is 0 Å². The monoisotopic (exact) mass is 238 g/mol. The van der Waals surface area contributed by atoms with Crippen LogP contribution >= 0.6 is 0 Å². The Kier molecular flexibility index (Phi) is 3.94. The Labute approximate surface area is 113 Å². The molecule has 0 atom stereocenters. The third-order valence-corrected chi connectivity index (χ3v) is 2.57. The zero-order valence-electron chi connectivity index (χ0n) is 10.5. The zero-order chi connectivity index (χ0) is 13.5. The fourth-order valence-corrected chi connectivity index (χ4v) is 1.77. The average molecular weight is 238 g/mol. The van der Waals surface area contributed by atoms with Gasteiger partial charge in [0.1, 0.15) is 0 Å². The first-order chi connectivity index (χ1) is 9.36. The van der Waals surface area contributed by atoms with Gasteiger partial charge in [-0.1, -0.05) is 48.1 Å². The minimum absolute atomic E-state index is 0.851. The van der Waals surface area contributed by atoms with Crippen LogP contribution in [0, 0.1) is 47.9 Å². The summed E-state index contributed by atoms with van der Waals surface area (Å²) in [6, 6.07) is 12.0. The van der Waals surface area contributed by atoms with Gasteiger partial charge in [0.2, 0.25) is 0 Å². The van der Waals surface area contributed by atoms with Crippen molar-refractivity contribution in [1.29, 1.82) is 0 Å². The van der Waals surface area contributed by atoms with E-state index in [0.717, 1.165) is 21.9 Å². The molecule has 86 valence electrons. The van der Waals surface area contributed by atoms with Gasteiger partial charge in [0, 0.05) is 11.1 Å². The molecule has 0 heterocycles. The maximum absolute atomic E-state index is 5.21. The smallest absolute Gasteiger partial charge is 0.0490 e. The van der Waals surface area contributed by atoms with Crippen LogP contribution < -0.4 is 0 Å². The molecule has 0 spiro atoms. The molecule has 0 aliphatic carbocycles. The highest BCUT2D eigenvalue weighted by Crippen LogP contribution is 2.21. The maximum atomic E-state index is 5.21. The van der Waals surface area contributed by atoms with Gasteiger partial charge in [-0.3, -0.25) is 0 Å². The highest BCUT2D eigenvalue weighted by Gasteiger charge is 2.03. The molecule has 0 N–H and O–H groups in total. The minimum Gasteiger partial charge on any atom is -0.106 e. The van der Waals surface area contributed by atoms with E-state index >= 15 is 0 Å². The molecule has 2 rings (SSSR count). The normalized spacial score (nSPS) is 8.00. The lowest BCUT2D eigenvalue weighted by molar-refractivity contribution is 1.64. The van der Waals surface area contributed by atoms with E-state index in [0.29, 0.717) is 0 Å². The van der Waals surface area contributed by atoms with Crippen molar-refractivity contribution in [2.75, 3.05) is 0 Å². The van der Waals surface area contributed by atoms with E-state index < -0.39 is 0 Å². The molecular weight excluding hydrogens is 228 g/mol. The first-order valence-corrected chi connectivity index (χ1v) is 5.78. The van der Waals surface area contributed by atoms with Gasteiger partial charge in [-0.05, 0) is 47.4 Å². The predicted molar refractivity (Wildman–Crippen MR) is 80.0 cm³/mol. The van der Waals surface area contributed by atoms with E-state index in [1.54, 1.807) is 6.92 Å². The van der Waals surface area contributed by atoms with E-state index in [1.165, 1.54) is 0 Å². The molecule has 19 heavy (non-hydrogen) atoms. The summed E-state index contributed by atoms with van der Waals surface area (Å²) >= 11 is 0. The molecule has 0 saturated heterocycles. The number of hydrogen-bond acceptors (Lipinski definition) is 0. The number of hydrogen-bond donors (Lipinski definition) is 0. The van der Waals surface area contributed by atoms with E-state index in [9.17, 15) is 0 Å². The lowest BCUT2D eigenvalue weighted by Gasteiger charge is -2.03. The molecule has 0 bridgehead atoms. The van der Waals surface area contributed by atoms with Crippen molar-refractivity contribution in [2.24, 2.45) is 0 Å². The summed E-state index contributed by atoms with van der Waals surface area (Å²) in [5.41, 5.74) is 1.71. The molecule has 2 aromatic rings. The molecule has 0 aliphatic rings. The summed E-state index contributed by atoms with van der Waals surface area (Å²) in [4.78, 5) is 0. The van der Waals surface area contributed by atoms with Crippen molar-refractivity contribution in [3.63, 3.8) is 0 Å². The fourth-order valence-electron chi connectivity index (χ4n) is 1.77. The lowest BCUT2D eigenvalue weighted by atomic mass is 9.99. The second-order valence-corrected chi connectivity index (χ2v) is 3.73. The second kappa shape index (κ2) is 6.03. The standard InChI is InChI=1S/C19H10/c1-3-5-7-10-16-14-15-17-11-8-9-13-19(17)18(16)12-6-4-2/h2,8-9,11,13-15H,1H3. The van der Waals surface area contributed by atoms with E-state index in [2.05, 4.69) is 41.4 Å². The summed E-state index contributed by atoms with van der Waals surface area (Å²) in [6.45, 7) is 1.76. The van der Waals surface area contributed by atoms with Crippen LogP contribution in [0.1, 0.15) is 18.1 Å². The highest BCUT2D eigenvalue weighted by atomic mass is 14.0. The van der Waals surface area contributed by atoms with Gasteiger partial charge in [-0.15, -0.1) is 6.42 Å². The Bertz CT molecular complexity index is 842. The zero-order valence-corrected chi connectivity index (χ0v) is 10.5. The van der Waals surface area contributed by atoms with Gasteiger partial charge < -0.3 is 0 Å². The van der Waals surface area contributed by atoms with Crippen molar-refractivity contribution in [2.45, 2.75) is 6.92 Å². The van der Waals surface area contributed by atoms with Gasteiger partial charge in [0.15, 0.2) is 0 Å². The molecular formula is C19H10. The van der Waals surface area contributed by atoms with Gasteiger partial charge in [-0.25, -0.2) is 0 Å². The second-order valence-electron chi connectivity index (χ2n) is 3.73. The van der Waals surface area contributed by atoms with Crippen LogP contribution in [0.25, 0.3) is 10.8 Å². The van der Waals surface area contributed by atoms with Crippen molar-refractivity contribution in [3.05, 3.63) is 47.5 Å². The summed E-state index contributed by atoms with van der Waals surface area (Å²) in [7, 11) is 0. The van der Waals surface area contributed by atoms with Crippen LogP contribution in [-0.4, -0.2) is 0 Å². The van der Waals surface area contributed by atoms with Crippen LogP contribution in [0.3, 0.4) is 0 Å². The first kappa shape index (κ1) is 12.4. The van der Waals surface area contributed by atoms with Gasteiger partial charge in [-0.2, -0.15) is 0 Å². The molecule has 0 amide bonds. The van der Waals surface area contributed by atoms with Crippen LogP contribution in [0.5, 0.6) is 0 Å². The molecule has 0 heteroatoms. The molecule has 0 radical (unpaired) electrons. The van der Waals surface area contributed by atoms with Crippen molar-refractivity contribution < 1.29 is 0 Å². The lowest BCUT2D eigenvalue weighted by Crippen LogP contribution is -1.86. The number of benzene rings is 2. The summed E-state index contributed by atoms with van der Waals surface area (Å²) in [5.74, 6) is 19.3. The van der Waals surface area contributed by atoms with Gasteiger partial charge in [0.05, 0.1) is 0 Å². The van der Waals surface area contributed by atoms with Crippen LogP contribution in [0.2, 0.25) is 0 Å². The third-order valence-electron chi connectivity index (χ3n) is 2.57. The van der Waals surface area contributed by atoms with Crippen LogP contribution in [-0.2, 0) is 0 Å². The molecule has 2 aromatic carbocycles. The van der Waals surface area contributed by atoms with Crippen LogP contribution in [0.15, 0.2) is 36.4 Å². The number of fused-ring (bicyclic) bond motifs is 1. The Morgan fingerprint density at radius 1 is 0.895 bits per heavy atom. The largest absolute Gasteiger partial charge is 0.106 e. The minimum atomic E-state index is 0.851. The Morgan fingerprint density at radius 3 is 2.53 bits per heavy atom. The third kappa shape index (κ3) is 2.79. The summed E-state index contributed by atoms with van der Waals surface area (Å²) in [6.07, 6.45) is 5.21. The van der Waals surface area contributed by atoms with Crippen molar-refractivity contribution in [3.8, 4) is 47.9 Å².